The number of esters is 2. The van der Waals surface area contributed by atoms with Gasteiger partial charge in [-0.2, -0.15) is 8.42 Å². The zero-order valence-corrected chi connectivity index (χ0v) is 9.40. The first-order chi connectivity index (χ1) is 7.26. The summed E-state index contributed by atoms with van der Waals surface area (Å²) in [5.41, 5.74) is 5.24. The summed E-state index contributed by atoms with van der Waals surface area (Å²) in [7, 11) is -3.08. The van der Waals surface area contributed by atoms with Crippen molar-refractivity contribution < 1.29 is 32.0 Å². The third kappa shape index (κ3) is 7.15. The number of ether oxygens (including phenoxy) is 2. The lowest BCUT2D eigenvalue weighted by Gasteiger charge is -2.09. The molecule has 0 saturated carbocycles. The predicted octanol–water partition coefficient (Wildman–Crippen LogP) is -1.69. The molecule has 0 rings (SSSR count). The van der Waals surface area contributed by atoms with Gasteiger partial charge in [-0.15, -0.1) is 0 Å². The molecular weight excluding hydrogens is 242 g/mol. The van der Waals surface area contributed by atoms with Crippen molar-refractivity contribution in [3.8, 4) is 0 Å². The molecule has 0 radical (unpaired) electrons. The minimum absolute atomic E-state index is 0.406. The molecule has 94 valence electrons. The average molecular weight is 255 g/mol. The molecule has 0 aliphatic rings. The molecule has 0 aromatic carbocycles. The van der Waals surface area contributed by atoms with E-state index in [0.29, 0.717) is 0 Å². The van der Waals surface area contributed by atoms with Gasteiger partial charge in [0.1, 0.15) is 12.6 Å². The van der Waals surface area contributed by atoms with Gasteiger partial charge in [0.15, 0.2) is 0 Å². The number of hydrogen-bond donors (Lipinski definition) is 2. The molecule has 0 aromatic heterocycles. The lowest BCUT2D eigenvalue weighted by molar-refractivity contribution is -0.149. The Balaban J connectivity index is 3.86. The van der Waals surface area contributed by atoms with E-state index in [1.807, 2.05) is 0 Å². The zero-order chi connectivity index (χ0) is 12.8. The second-order valence-electron chi connectivity index (χ2n) is 2.85. The van der Waals surface area contributed by atoms with E-state index >= 15 is 0 Å². The number of carbonyl (C=O) groups is 2. The normalized spacial score (nSPS) is 12.9. The van der Waals surface area contributed by atoms with Gasteiger partial charge < -0.3 is 15.2 Å². The minimum atomic E-state index is -4.20. The maximum absolute atomic E-state index is 10.9. The fraction of sp³-hybridized carbons (Fsp3) is 0.714. The van der Waals surface area contributed by atoms with Crippen LogP contribution in [0.25, 0.3) is 0 Å². The van der Waals surface area contributed by atoms with E-state index in [1.54, 1.807) is 0 Å². The molecule has 8 nitrogen and oxygen atoms in total. The minimum Gasteiger partial charge on any atom is -0.468 e. The Labute approximate surface area is 92.4 Å². The van der Waals surface area contributed by atoms with E-state index in [9.17, 15) is 18.0 Å². The van der Waals surface area contributed by atoms with Crippen LogP contribution in [0.2, 0.25) is 0 Å². The lowest BCUT2D eigenvalue weighted by Crippen LogP contribution is -2.37. The van der Waals surface area contributed by atoms with E-state index < -0.39 is 46.9 Å². The van der Waals surface area contributed by atoms with Crippen molar-refractivity contribution in [2.45, 2.75) is 12.5 Å². The van der Waals surface area contributed by atoms with Crippen LogP contribution >= 0.6 is 0 Å². The first-order valence-electron chi connectivity index (χ1n) is 4.20. The van der Waals surface area contributed by atoms with Gasteiger partial charge in [0.25, 0.3) is 10.1 Å². The molecule has 0 bridgehead atoms. The number of nitrogens with two attached hydrogens (primary N) is 1. The van der Waals surface area contributed by atoms with E-state index in [4.69, 9.17) is 10.3 Å². The van der Waals surface area contributed by atoms with Crippen molar-refractivity contribution in [2.75, 3.05) is 19.5 Å². The highest BCUT2D eigenvalue weighted by Gasteiger charge is 2.17. The van der Waals surface area contributed by atoms with Gasteiger partial charge in [0.2, 0.25) is 0 Å². The van der Waals surface area contributed by atoms with Crippen LogP contribution in [0.4, 0.5) is 0 Å². The van der Waals surface area contributed by atoms with Gasteiger partial charge in [-0.25, -0.2) is 0 Å². The van der Waals surface area contributed by atoms with E-state index in [0.717, 1.165) is 7.11 Å². The van der Waals surface area contributed by atoms with Gasteiger partial charge in [-0.1, -0.05) is 0 Å². The van der Waals surface area contributed by atoms with Gasteiger partial charge >= 0.3 is 11.9 Å². The second-order valence-corrected chi connectivity index (χ2v) is 4.42. The maximum atomic E-state index is 10.9. The van der Waals surface area contributed by atoms with Crippen molar-refractivity contribution in [3.63, 3.8) is 0 Å². The lowest BCUT2D eigenvalue weighted by atomic mass is 10.3. The number of hydrogen-bond acceptors (Lipinski definition) is 7. The van der Waals surface area contributed by atoms with Crippen LogP contribution in [0.1, 0.15) is 6.42 Å². The summed E-state index contributed by atoms with van der Waals surface area (Å²) < 4.78 is 37.6. The molecule has 0 saturated heterocycles. The molecule has 1 unspecified atom stereocenters. The van der Waals surface area contributed by atoms with Crippen molar-refractivity contribution in [1.82, 2.24) is 0 Å². The second kappa shape index (κ2) is 6.40. The summed E-state index contributed by atoms with van der Waals surface area (Å²) in [6, 6.07) is -1.11. The fourth-order valence-electron chi connectivity index (χ4n) is 0.687. The van der Waals surface area contributed by atoms with Crippen LogP contribution < -0.4 is 5.73 Å². The van der Waals surface area contributed by atoms with Gasteiger partial charge in [-0.3, -0.25) is 14.1 Å². The number of carbonyl (C=O) groups excluding carboxylic acids is 2. The van der Waals surface area contributed by atoms with Crippen molar-refractivity contribution >= 4 is 22.1 Å². The smallest absolute Gasteiger partial charge is 0.326 e. The highest BCUT2D eigenvalue weighted by atomic mass is 32.2. The third-order valence-corrected chi connectivity index (χ3v) is 2.21. The maximum Gasteiger partial charge on any atom is 0.326 e. The van der Waals surface area contributed by atoms with E-state index in [2.05, 4.69) is 9.47 Å². The Bertz CT molecular complexity index is 350. The Morgan fingerprint density at radius 3 is 2.44 bits per heavy atom. The van der Waals surface area contributed by atoms with Crippen molar-refractivity contribution in [1.29, 1.82) is 0 Å². The van der Waals surface area contributed by atoms with Crippen molar-refractivity contribution in [3.05, 3.63) is 0 Å². The first-order valence-corrected chi connectivity index (χ1v) is 5.81. The van der Waals surface area contributed by atoms with E-state index in [-0.39, 0.29) is 0 Å². The van der Waals surface area contributed by atoms with Crippen molar-refractivity contribution in [2.24, 2.45) is 5.73 Å². The average Bonchev–Trinajstić information content (AvgIpc) is 2.20. The Morgan fingerprint density at radius 2 is 2.00 bits per heavy atom. The Hall–Kier alpha value is -1.19. The van der Waals surface area contributed by atoms with Gasteiger partial charge in [0, 0.05) is 0 Å². The highest BCUT2D eigenvalue weighted by Crippen LogP contribution is 1.94. The Morgan fingerprint density at radius 1 is 1.44 bits per heavy atom. The van der Waals surface area contributed by atoms with Crippen LogP contribution in [0, 0.1) is 0 Å². The summed E-state index contributed by atoms with van der Waals surface area (Å²) in [5.74, 6) is -2.36. The summed E-state index contributed by atoms with van der Waals surface area (Å²) in [6.07, 6.45) is -0.507. The largest absolute Gasteiger partial charge is 0.468 e. The SMILES string of the molecule is COC(=O)C(N)COC(=O)CCS(=O)(=O)O. The number of methoxy groups -OCH3 is 1. The molecule has 0 spiro atoms. The fourth-order valence-corrected chi connectivity index (χ4v) is 1.11. The predicted molar refractivity (Wildman–Crippen MR) is 52.0 cm³/mol. The van der Waals surface area contributed by atoms with Crippen LogP contribution in [0.15, 0.2) is 0 Å². The van der Waals surface area contributed by atoms with Crippen LogP contribution in [-0.2, 0) is 29.2 Å². The van der Waals surface area contributed by atoms with Gasteiger partial charge in [0.05, 0.1) is 19.3 Å². The van der Waals surface area contributed by atoms with Crippen LogP contribution in [0.3, 0.4) is 0 Å². The standard InChI is InChI=1S/C7H13NO7S/c1-14-7(10)5(8)4-15-6(9)2-3-16(11,12)13/h5H,2-4,8H2,1H3,(H,11,12,13). The van der Waals surface area contributed by atoms with Crippen LogP contribution in [0.5, 0.6) is 0 Å². The molecule has 0 heterocycles. The third-order valence-electron chi connectivity index (χ3n) is 1.49. The molecule has 0 aliphatic heterocycles. The summed E-state index contributed by atoms with van der Waals surface area (Å²) in [4.78, 5) is 21.7. The molecule has 0 aromatic rings. The molecule has 9 heteroatoms. The zero-order valence-electron chi connectivity index (χ0n) is 8.58. The Kier molecular flexibility index (Phi) is 5.93. The summed E-state index contributed by atoms with van der Waals surface area (Å²) in [5, 5.41) is 0. The van der Waals surface area contributed by atoms with Crippen LogP contribution in [-0.4, -0.2) is 50.4 Å². The molecule has 16 heavy (non-hydrogen) atoms. The summed E-state index contributed by atoms with van der Waals surface area (Å²) in [6.45, 7) is -0.406. The number of rotatable bonds is 6. The highest BCUT2D eigenvalue weighted by molar-refractivity contribution is 7.85. The quantitative estimate of drug-likeness (QED) is 0.424. The first kappa shape index (κ1) is 14.8. The molecule has 0 amide bonds. The molecule has 0 fully saturated rings. The van der Waals surface area contributed by atoms with Gasteiger partial charge in [-0.05, 0) is 0 Å². The van der Waals surface area contributed by atoms with E-state index in [1.165, 1.54) is 0 Å². The molecule has 0 aliphatic carbocycles. The topological polar surface area (TPSA) is 133 Å². The molecule has 1 atom stereocenters. The monoisotopic (exact) mass is 255 g/mol. The molecule has 3 N–H and O–H groups in total. The molecular formula is C7H13NO7S. The summed E-state index contributed by atoms with van der Waals surface area (Å²) >= 11 is 0.